The molecule has 2 aliphatic carbocycles. The predicted octanol–water partition coefficient (Wildman–Crippen LogP) is 5.81. The van der Waals surface area contributed by atoms with Crippen LogP contribution in [0.1, 0.15) is 80.0 Å². The van der Waals surface area contributed by atoms with Gasteiger partial charge in [-0.2, -0.15) is 0 Å². The summed E-state index contributed by atoms with van der Waals surface area (Å²) in [5, 5.41) is 14.4. The van der Waals surface area contributed by atoms with Crippen molar-refractivity contribution in [2.75, 3.05) is 19.0 Å². The highest BCUT2D eigenvalue weighted by molar-refractivity contribution is 6.31. The number of rotatable bonds is 11. The summed E-state index contributed by atoms with van der Waals surface area (Å²) in [6.45, 7) is 0.769. The SMILES string of the molecule is CN(C1CC(OCCCC[C@H]2CCc3cccnc3N2)C1)[C@H](C(=O)O)c1cccc(Cl)c1C1CC1. The number of aliphatic carboxylic acids is 1. The Morgan fingerprint density at radius 3 is 2.83 bits per heavy atom. The summed E-state index contributed by atoms with van der Waals surface area (Å²) in [5.74, 6) is 0.641. The van der Waals surface area contributed by atoms with Gasteiger partial charge in [0, 0.05) is 29.9 Å². The van der Waals surface area contributed by atoms with Crippen LogP contribution in [0, 0.1) is 0 Å². The summed E-state index contributed by atoms with van der Waals surface area (Å²) in [7, 11) is 1.93. The van der Waals surface area contributed by atoms with Crippen molar-refractivity contribution in [2.24, 2.45) is 0 Å². The fraction of sp³-hybridized carbons (Fsp3) is 0.571. The van der Waals surface area contributed by atoms with E-state index in [2.05, 4.69) is 16.4 Å². The van der Waals surface area contributed by atoms with Crippen molar-refractivity contribution < 1.29 is 14.6 Å². The van der Waals surface area contributed by atoms with Crippen LogP contribution in [0.25, 0.3) is 0 Å². The molecule has 0 radical (unpaired) electrons. The van der Waals surface area contributed by atoms with E-state index in [1.165, 1.54) is 5.56 Å². The van der Waals surface area contributed by atoms with E-state index < -0.39 is 12.0 Å². The van der Waals surface area contributed by atoms with E-state index in [0.29, 0.717) is 17.0 Å². The molecule has 1 aliphatic heterocycles. The maximum Gasteiger partial charge on any atom is 0.325 e. The smallest absolute Gasteiger partial charge is 0.325 e. The number of nitrogens with one attached hydrogen (secondary N) is 1. The molecule has 1 aromatic carbocycles. The molecule has 2 atom stereocenters. The number of likely N-dealkylation sites (N-methyl/N-ethyl adjacent to an activating group) is 1. The Bertz CT molecular complexity index is 1040. The molecule has 35 heavy (non-hydrogen) atoms. The standard InChI is InChI=1S/C28H36ClN3O3/c1-32(26(28(33)34)23-8-4-9-24(29)25(23)18-10-11-18)21-16-22(17-21)35-15-3-2-7-20-13-12-19-6-5-14-30-27(19)31-20/h4-6,8-9,14,18,20-22,26H,2-3,7,10-13,15-17H2,1H3,(H,30,31)(H,33,34)/t20-,21?,22?,26-/m0/s1. The van der Waals surface area contributed by atoms with Gasteiger partial charge in [0.05, 0.1) is 6.10 Å². The lowest BCUT2D eigenvalue weighted by Crippen LogP contribution is -2.49. The number of hydrogen-bond donors (Lipinski definition) is 2. The van der Waals surface area contributed by atoms with Gasteiger partial charge < -0.3 is 15.2 Å². The zero-order valence-electron chi connectivity index (χ0n) is 20.5. The van der Waals surface area contributed by atoms with Crippen LogP contribution >= 0.6 is 11.6 Å². The molecule has 7 heteroatoms. The Balaban J connectivity index is 1.05. The number of pyridine rings is 1. The largest absolute Gasteiger partial charge is 0.480 e. The molecule has 0 unspecified atom stereocenters. The third-order valence-electron chi connectivity index (χ3n) is 7.95. The molecule has 188 valence electrons. The van der Waals surface area contributed by atoms with E-state index in [1.807, 2.05) is 42.4 Å². The summed E-state index contributed by atoms with van der Waals surface area (Å²) < 4.78 is 6.11. The minimum atomic E-state index is -0.810. The lowest BCUT2D eigenvalue weighted by atomic mass is 9.85. The molecule has 6 nitrogen and oxygen atoms in total. The maximum absolute atomic E-state index is 12.3. The molecule has 0 amide bonds. The Hall–Kier alpha value is -2.15. The fourth-order valence-corrected chi connectivity index (χ4v) is 6.00. The maximum atomic E-state index is 12.3. The van der Waals surface area contributed by atoms with Gasteiger partial charge in [0.15, 0.2) is 0 Å². The van der Waals surface area contributed by atoms with Crippen LogP contribution in [-0.2, 0) is 16.0 Å². The molecule has 2 saturated carbocycles. The number of ether oxygens (including phenoxy) is 1. The molecular formula is C28H36ClN3O3. The minimum absolute atomic E-state index is 0.214. The molecule has 0 saturated heterocycles. The van der Waals surface area contributed by atoms with Crippen LogP contribution in [0.3, 0.4) is 0 Å². The monoisotopic (exact) mass is 497 g/mol. The summed E-state index contributed by atoms with van der Waals surface area (Å²) in [5.41, 5.74) is 3.21. The zero-order chi connectivity index (χ0) is 24.4. The predicted molar refractivity (Wildman–Crippen MR) is 138 cm³/mol. The first-order chi connectivity index (χ1) is 17.0. The van der Waals surface area contributed by atoms with E-state index in [1.54, 1.807) is 0 Å². The van der Waals surface area contributed by atoms with Crippen molar-refractivity contribution >= 4 is 23.4 Å². The third-order valence-corrected chi connectivity index (χ3v) is 8.28. The van der Waals surface area contributed by atoms with Gasteiger partial charge in [-0.15, -0.1) is 0 Å². The van der Waals surface area contributed by atoms with Crippen molar-refractivity contribution in [2.45, 2.75) is 87.9 Å². The van der Waals surface area contributed by atoms with Gasteiger partial charge in [0.2, 0.25) is 0 Å². The molecule has 3 aliphatic rings. The number of carboxylic acids is 1. The summed E-state index contributed by atoms with van der Waals surface area (Å²) in [6, 6.07) is 9.90. The number of carbonyl (C=O) groups is 1. The molecule has 2 fully saturated rings. The van der Waals surface area contributed by atoms with E-state index in [4.69, 9.17) is 16.3 Å². The van der Waals surface area contributed by atoms with Crippen LogP contribution in [0.4, 0.5) is 5.82 Å². The number of fused-ring (bicyclic) bond motifs is 1. The number of unbranched alkanes of at least 4 members (excludes halogenated alkanes) is 1. The number of nitrogens with zero attached hydrogens (tertiary/aromatic N) is 2. The van der Waals surface area contributed by atoms with E-state index >= 15 is 0 Å². The number of hydrogen-bond acceptors (Lipinski definition) is 5. The molecule has 0 bridgehead atoms. The van der Waals surface area contributed by atoms with E-state index in [9.17, 15) is 9.90 Å². The number of aromatic nitrogens is 1. The third kappa shape index (κ3) is 5.65. The van der Waals surface area contributed by atoms with Crippen molar-refractivity contribution in [3.05, 3.63) is 58.2 Å². The first kappa shape index (κ1) is 24.5. The second-order valence-corrected chi connectivity index (χ2v) is 10.8. The molecule has 1 aromatic heterocycles. The topological polar surface area (TPSA) is 74.7 Å². The number of benzene rings is 1. The van der Waals surface area contributed by atoms with Crippen LogP contribution in [0.2, 0.25) is 5.02 Å². The summed E-state index contributed by atoms with van der Waals surface area (Å²) in [6.07, 6.45) is 11.6. The van der Waals surface area contributed by atoms with Crippen LogP contribution < -0.4 is 5.32 Å². The normalized spacial score (nSPS) is 24.4. The molecule has 2 N–H and O–H groups in total. The molecule has 5 rings (SSSR count). The number of anilines is 1. The van der Waals surface area contributed by atoms with Gasteiger partial charge in [-0.3, -0.25) is 9.69 Å². The highest BCUT2D eigenvalue weighted by atomic mass is 35.5. The minimum Gasteiger partial charge on any atom is -0.480 e. The van der Waals surface area contributed by atoms with Crippen LogP contribution in [-0.4, -0.2) is 52.8 Å². The van der Waals surface area contributed by atoms with Crippen molar-refractivity contribution in [3.63, 3.8) is 0 Å². The Labute approximate surface area is 213 Å². The Morgan fingerprint density at radius 1 is 1.23 bits per heavy atom. The highest BCUT2D eigenvalue weighted by Gasteiger charge is 2.41. The molecular weight excluding hydrogens is 462 g/mol. The first-order valence-corrected chi connectivity index (χ1v) is 13.4. The zero-order valence-corrected chi connectivity index (χ0v) is 21.2. The lowest BCUT2D eigenvalue weighted by Gasteiger charge is -2.43. The van der Waals surface area contributed by atoms with Gasteiger partial charge in [-0.1, -0.05) is 29.8 Å². The second kappa shape index (κ2) is 10.9. The van der Waals surface area contributed by atoms with Crippen LogP contribution in [0.15, 0.2) is 36.5 Å². The van der Waals surface area contributed by atoms with Crippen LogP contribution in [0.5, 0.6) is 0 Å². The molecule has 2 aromatic rings. The van der Waals surface area contributed by atoms with Gasteiger partial charge in [0.1, 0.15) is 11.9 Å². The highest BCUT2D eigenvalue weighted by Crippen LogP contribution is 2.47. The second-order valence-electron chi connectivity index (χ2n) is 10.4. The van der Waals surface area contributed by atoms with E-state index in [0.717, 1.165) is 81.3 Å². The summed E-state index contributed by atoms with van der Waals surface area (Å²) >= 11 is 6.48. The Morgan fingerprint density at radius 2 is 2.06 bits per heavy atom. The quantitative estimate of drug-likeness (QED) is 0.381. The molecule has 2 heterocycles. The summed E-state index contributed by atoms with van der Waals surface area (Å²) in [4.78, 5) is 18.8. The molecule has 0 spiro atoms. The lowest BCUT2D eigenvalue weighted by molar-refractivity contribution is -0.146. The van der Waals surface area contributed by atoms with E-state index in [-0.39, 0.29) is 12.1 Å². The fourth-order valence-electron chi connectivity index (χ4n) is 5.66. The Kier molecular flexibility index (Phi) is 7.61. The van der Waals surface area contributed by atoms with Crippen molar-refractivity contribution in [1.82, 2.24) is 9.88 Å². The number of halogens is 1. The van der Waals surface area contributed by atoms with Gasteiger partial charge in [-0.05, 0) is 99.6 Å². The van der Waals surface area contributed by atoms with Crippen molar-refractivity contribution in [1.29, 1.82) is 0 Å². The average Bonchev–Trinajstić information content (AvgIpc) is 3.65. The van der Waals surface area contributed by atoms with Crippen molar-refractivity contribution in [3.8, 4) is 0 Å². The number of carboxylic acid groups (broad SMARTS) is 1. The average molecular weight is 498 g/mol. The van der Waals surface area contributed by atoms with Gasteiger partial charge in [0.25, 0.3) is 0 Å². The van der Waals surface area contributed by atoms with Gasteiger partial charge >= 0.3 is 5.97 Å². The first-order valence-electron chi connectivity index (χ1n) is 13.1. The van der Waals surface area contributed by atoms with Gasteiger partial charge in [-0.25, -0.2) is 4.98 Å². The number of aryl methyl sites for hydroxylation is 1.